The number of sulfonamides is 1. The van der Waals surface area contributed by atoms with E-state index in [4.69, 9.17) is 11.5 Å². The molecule has 0 spiro atoms. The lowest BCUT2D eigenvalue weighted by molar-refractivity contribution is -0.138. The Bertz CT molecular complexity index is 886. The number of H-pyrrole nitrogens is 1. The van der Waals surface area contributed by atoms with Crippen molar-refractivity contribution in [2.75, 3.05) is 18.8 Å². The molecule has 14 nitrogen and oxygen atoms in total. The van der Waals surface area contributed by atoms with Crippen LogP contribution in [0.25, 0.3) is 0 Å². The fourth-order valence-electron chi connectivity index (χ4n) is 2.96. The first-order valence-electron chi connectivity index (χ1n) is 8.75. The number of nitrogens with zero attached hydrogens (tertiary/aromatic N) is 2. The SMILES string of the molecule is NC(=O)[C@@H]1CCCN1C(=O)[C@@H](N)Cc1nc[nH]c1C=O.O.O=C1NCCS(=O)(=O)N1. The van der Waals surface area contributed by atoms with Crippen molar-refractivity contribution < 1.29 is 33.1 Å². The van der Waals surface area contributed by atoms with Crippen molar-refractivity contribution in [2.24, 2.45) is 11.5 Å². The zero-order chi connectivity index (χ0) is 21.6. The average Bonchev–Trinajstić information content (AvgIpc) is 3.29. The molecule has 2 aliphatic heterocycles. The molecule has 0 aliphatic carbocycles. The van der Waals surface area contributed by atoms with Gasteiger partial charge in [0.2, 0.25) is 21.8 Å². The zero-order valence-corrected chi connectivity index (χ0v) is 16.8. The number of aromatic amines is 1. The van der Waals surface area contributed by atoms with E-state index in [0.717, 1.165) is 6.42 Å². The largest absolute Gasteiger partial charge is 0.412 e. The molecule has 15 heteroatoms. The third-order valence-electron chi connectivity index (χ3n) is 4.37. The lowest BCUT2D eigenvalue weighted by atomic mass is 10.1. The number of amides is 4. The Morgan fingerprint density at radius 3 is 2.63 bits per heavy atom. The second-order valence-corrected chi connectivity index (χ2v) is 8.30. The van der Waals surface area contributed by atoms with Gasteiger partial charge in [-0.25, -0.2) is 22.9 Å². The Labute approximate surface area is 172 Å². The van der Waals surface area contributed by atoms with Crippen LogP contribution in [-0.2, 0) is 26.0 Å². The van der Waals surface area contributed by atoms with E-state index in [-0.39, 0.29) is 30.1 Å². The molecule has 2 aliphatic rings. The third kappa shape index (κ3) is 6.50. The summed E-state index contributed by atoms with van der Waals surface area (Å²) in [5.41, 5.74) is 11.9. The summed E-state index contributed by atoms with van der Waals surface area (Å²) in [6, 6.07) is -2.07. The maximum absolute atomic E-state index is 12.3. The number of nitrogens with two attached hydrogens (primary N) is 2. The highest BCUT2D eigenvalue weighted by molar-refractivity contribution is 7.90. The molecule has 0 radical (unpaired) electrons. The van der Waals surface area contributed by atoms with Gasteiger partial charge >= 0.3 is 6.03 Å². The van der Waals surface area contributed by atoms with E-state index in [9.17, 15) is 27.6 Å². The van der Waals surface area contributed by atoms with Crippen LogP contribution in [0, 0.1) is 0 Å². The van der Waals surface area contributed by atoms with Crippen LogP contribution in [0.2, 0.25) is 0 Å². The maximum Gasteiger partial charge on any atom is 0.328 e. The fourth-order valence-corrected chi connectivity index (χ4v) is 3.79. The number of aldehydes is 1. The smallest absolute Gasteiger partial charge is 0.328 e. The van der Waals surface area contributed by atoms with Crippen LogP contribution in [0.5, 0.6) is 0 Å². The summed E-state index contributed by atoms with van der Waals surface area (Å²) in [6.07, 6.45) is 3.43. The number of rotatable bonds is 5. The molecule has 0 unspecified atom stereocenters. The minimum absolute atomic E-state index is 0. The van der Waals surface area contributed by atoms with Crippen LogP contribution >= 0.6 is 0 Å². The van der Waals surface area contributed by atoms with E-state index in [1.165, 1.54) is 11.2 Å². The molecule has 0 saturated carbocycles. The molecular weight excluding hydrogens is 422 g/mol. The standard InChI is InChI=1S/C12H17N5O3.C3H6N2O3S.H2O/c13-7(4-8-9(5-18)16-6-15-8)12(20)17-3-1-2-10(17)11(14)19;6-3-4-1-2-9(7,8)5-3;/h5-7,10H,1-4,13H2,(H2,14,19)(H,15,16);1-2H2,(H2,4,5,6);1H2/t7-,10-;;/m0../s1. The Kier molecular flexibility index (Phi) is 8.88. The van der Waals surface area contributed by atoms with Crippen LogP contribution in [0.1, 0.15) is 29.0 Å². The van der Waals surface area contributed by atoms with Crippen LogP contribution in [0.15, 0.2) is 6.33 Å². The average molecular weight is 447 g/mol. The summed E-state index contributed by atoms with van der Waals surface area (Å²) in [5, 5.41) is 2.31. The second kappa shape index (κ2) is 10.7. The van der Waals surface area contributed by atoms with Gasteiger partial charge in [-0.2, -0.15) is 0 Å². The first kappa shape index (κ1) is 25.0. The number of urea groups is 1. The molecule has 0 bridgehead atoms. The quantitative estimate of drug-likeness (QED) is 0.281. The first-order valence-corrected chi connectivity index (χ1v) is 10.4. The highest BCUT2D eigenvalue weighted by Crippen LogP contribution is 2.18. The van der Waals surface area contributed by atoms with Gasteiger partial charge in [-0.05, 0) is 12.8 Å². The van der Waals surface area contributed by atoms with Crippen LogP contribution in [-0.4, -0.2) is 83.8 Å². The highest BCUT2D eigenvalue weighted by atomic mass is 32.2. The molecular formula is C15H25N7O7S. The molecule has 30 heavy (non-hydrogen) atoms. The van der Waals surface area contributed by atoms with Crippen molar-refractivity contribution in [2.45, 2.75) is 31.3 Å². The summed E-state index contributed by atoms with van der Waals surface area (Å²) in [7, 11) is -3.29. The number of nitrogens with one attached hydrogen (secondary N) is 3. The summed E-state index contributed by atoms with van der Waals surface area (Å²) in [6.45, 7) is 0.676. The number of aromatic nitrogens is 2. The molecule has 3 rings (SSSR count). The van der Waals surface area contributed by atoms with Gasteiger partial charge in [0.15, 0.2) is 6.29 Å². The van der Waals surface area contributed by atoms with Gasteiger partial charge < -0.3 is 32.1 Å². The number of hydrogen-bond acceptors (Lipinski definition) is 8. The van der Waals surface area contributed by atoms with E-state index in [1.54, 1.807) is 4.72 Å². The number of primary amides is 1. The monoisotopic (exact) mass is 447 g/mol. The summed E-state index contributed by atoms with van der Waals surface area (Å²) < 4.78 is 22.8. The molecule has 1 aromatic heterocycles. The molecule has 4 amide bonds. The van der Waals surface area contributed by atoms with E-state index in [0.29, 0.717) is 30.6 Å². The third-order valence-corrected chi connectivity index (χ3v) is 5.61. The maximum atomic E-state index is 12.3. The van der Waals surface area contributed by atoms with E-state index < -0.39 is 34.0 Å². The lowest BCUT2D eigenvalue weighted by Gasteiger charge is -2.25. The number of hydrogen-bond donors (Lipinski definition) is 5. The van der Waals surface area contributed by atoms with Crippen molar-refractivity contribution >= 4 is 34.2 Å². The summed E-state index contributed by atoms with van der Waals surface area (Å²) in [5.74, 6) is -0.888. The van der Waals surface area contributed by atoms with Crippen molar-refractivity contribution in [3.63, 3.8) is 0 Å². The molecule has 2 atom stereocenters. The topological polar surface area (TPSA) is 242 Å². The molecule has 168 valence electrons. The fraction of sp³-hybridized carbons (Fsp3) is 0.533. The highest BCUT2D eigenvalue weighted by Gasteiger charge is 2.35. The molecule has 3 heterocycles. The van der Waals surface area contributed by atoms with Crippen LogP contribution in [0.4, 0.5) is 4.79 Å². The Morgan fingerprint density at radius 2 is 2.10 bits per heavy atom. The Balaban J connectivity index is 0.000000379. The Morgan fingerprint density at radius 1 is 1.40 bits per heavy atom. The molecule has 9 N–H and O–H groups in total. The number of imidazole rings is 1. The van der Waals surface area contributed by atoms with Crippen molar-refractivity contribution in [1.29, 1.82) is 0 Å². The lowest BCUT2D eigenvalue weighted by Crippen LogP contribution is -2.50. The minimum Gasteiger partial charge on any atom is -0.412 e. The normalized spacial score (nSPS) is 20.5. The molecule has 2 fully saturated rings. The van der Waals surface area contributed by atoms with Crippen molar-refractivity contribution in [1.82, 2.24) is 24.9 Å². The molecule has 0 aromatic carbocycles. The first-order chi connectivity index (χ1) is 13.6. The van der Waals surface area contributed by atoms with Gasteiger partial charge in [-0.15, -0.1) is 0 Å². The summed E-state index contributed by atoms with van der Waals surface area (Å²) in [4.78, 5) is 52.6. The predicted molar refractivity (Wildman–Crippen MR) is 104 cm³/mol. The second-order valence-electron chi connectivity index (χ2n) is 6.46. The van der Waals surface area contributed by atoms with Gasteiger partial charge in [0, 0.05) is 19.5 Å². The van der Waals surface area contributed by atoms with E-state index >= 15 is 0 Å². The van der Waals surface area contributed by atoms with E-state index in [1.807, 2.05) is 0 Å². The number of carbonyl (C=O) groups is 4. The molecule has 2 saturated heterocycles. The zero-order valence-electron chi connectivity index (χ0n) is 16.0. The van der Waals surface area contributed by atoms with Crippen LogP contribution < -0.4 is 21.5 Å². The van der Waals surface area contributed by atoms with Crippen molar-refractivity contribution in [3.8, 4) is 0 Å². The Hall–Kier alpha value is -3.04. The van der Waals surface area contributed by atoms with Gasteiger partial charge in [0.05, 0.1) is 23.8 Å². The predicted octanol–water partition coefficient (Wildman–Crippen LogP) is -3.63. The van der Waals surface area contributed by atoms with Crippen molar-refractivity contribution in [3.05, 3.63) is 17.7 Å². The van der Waals surface area contributed by atoms with Gasteiger partial charge in [-0.3, -0.25) is 14.4 Å². The number of carbonyl (C=O) groups excluding carboxylic acids is 4. The van der Waals surface area contributed by atoms with Gasteiger partial charge in [0.1, 0.15) is 11.7 Å². The van der Waals surface area contributed by atoms with Gasteiger partial charge in [-0.1, -0.05) is 0 Å². The van der Waals surface area contributed by atoms with Gasteiger partial charge in [0.25, 0.3) is 0 Å². The van der Waals surface area contributed by atoms with Crippen LogP contribution in [0.3, 0.4) is 0 Å². The molecule has 1 aromatic rings. The minimum atomic E-state index is -3.29. The summed E-state index contributed by atoms with van der Waals surface area (Å²) >= 11 is 0. The van der Waals surface area contributed by atoms with E-state index in [2.05, 4.69) is 15.3 Å². The number of likely N-dealkylation sites (tertiary alicyclic amines) is 1.